The molecule has 0 aromatic carbocycles. The van der Waals surface area contributed by atoms with Crippen molar-refractivity contribution in [3.05, 3.63) is 22.8 Å². The van der Waals surface area contributed by atoms with Gasteiger partial charge in [-0.1, -0.05) is 0 Å². The molecule has 0 bridgehead atoms. The van der Waals surface area contributed by atoms with Crippen molar-refractivity contribution < 1.29 is 14.6 Å². The zero-order valence-electron chi connectivity index (χ0n) is 6.32. The van der Waals surface area contributed by atoms with Crippen molar-refractivity contribution in [2.45, 2.75) is 0 Å². The fourth-order valence-corrected chi connectivity index (χ4v) is 2.53. The van der Waals surface area contributed by atoms with Crippen LogP contribution in [0.1, 0.15) is 0 Å². The van der Waals surface area contributed by atoms with Gasteiger partial charge < -0.3 is 9.84 Å². The lowest BCUT2D eigenvalue weighted by Crippen LogP contribution is -2.15. The largest absolute Gasteiger partial charge is 0.496 e. The molecule has 2 rings (SSSR count). The Morgan fingerprint density at radius 1 is 1.75 bits per heavy atom. The van der Waals surface area contributed by atoms with E-state index in [4.69, 9.17) is 9.84 Å². The molecule has 1 atom stereocenters. The number of fused-ring (bicyclic) bond motifs is 1. The third-order valence-corrected chi connectivity index (χ3v) is 3.10. The average Bonchev–Trinajstić information content (AvgIpc) is 2.47. The van der Waals surface area contributed by atoms with Gasteiger partial charge >= 0.3 is 5.97 Å². The molecule has 12 heavy (non-hydrogen) atoms. The summed E-state index contributed by atoms with van der Waals surface area (Å²) in [5, 5.41) is 8.83. The maximum atomic E-state index is 10.7. The van der Waals surface area contributed by atoms with Crippen LogP contribution in [0.25, 0.3) is 0 Å². The summed E-state index contributed by atoms with van der Waals surface area (Å²) in [5.41, 5.74) is 0.929. The monoisotopic (exact) mass is 184 g/mol. The number of thioether (sulfide) groups is 1. The number of hydrogen-bond acceptors (Lipinski definition) is 3. The molecule has 0 saturated carbocycles. The van der Waals surface area contributed by atoms with E-state index in [1.165, 1.54) is 0 Å². The zero-order chi connectivity index (χ0) is 8.55. The van der Waals surface area contributed by atoms with E-state index in [2.05, 4.69) is 0 Å². The minimum Gasteiger partial charge on any atom is -0.496 e. The summed E-state index contributed by atoms with van der Waals surface area (Å²) in [6.07, 6.45) is 3.51. The third-order valence-electron chi connectivity index (χ3n) is 1.95. The first kappa shape index (κ1) is 7.73. The Bertz CT molecular complexity index is 280. The van der Waals surface area contributed by atoms with Crippen LogP contribution in [-0.2, 0) is 9.53 Å². The van der Waals surface area contributed by atoms with E-state index >= 15 is 0 Å². The van der Waals surface area contributed by atoms with E-state index in [1.807, 2.05) is 6.08 Å². The Balaban J connectivity index is 2.28. The van der Waals surface area contributed by atoms with Crippen molar-refractivity contribution in [2.24, 2.45) is 5.92 Å². The molecule has 1 fully saturated rings. The number of carboxylic acid groups (broad SMARTS) is 1. The first-order valence-corrected chi connectivity index (χ1v) is 4.65. The van der Waals surface area contributed by atoms with Crippen LogP contribution in [-0.4, -0.2) is 23.4 Å². The van der Waals surface area contributed by atoms with Gasteiger partial charge in [0.2, 0.25) is 0 Å². The van der Waals surface area contributed by atoms with Gasteiger partial charge in [-0.15, -0.1) is 11.8 Å². The van der Waals surface area contributed by atoms with E-state index in [0.29, 0.717) is 12.4 Å². The second-order valence-corrected chi connectivity index (χ2v) is 3.74. The van der Waals surface area contributed by atoms with Gasteiger partial charge in [-0.25, -0.2) is 0 Å². The molecule has 0 aromatic heterocycles. The summed E-state index contributed by atoms with van der Waals surface area (Å²) in [7, 11) is 0. The SMILES string of the molecule is O=C(O)C1CSC2=COCC=C21. The molecule has 0 aliphatic carbocycles. The van der Waals surface area contributed by atoms with Gasteiger partial charge in [-0.05, 0) is 11.6 Å². The van der Waals surface area contributed by atoms with Crippen molar-refractivity contribution in [1.29, 1.82) is 0 Å². The molecule has 2 aliphatic heterocycles. The second-order valence-electron chi connectivity index (χ2n) is 2.68. The summed E-state index contributed by atoms with van der Waals surface area (Å²) in [6.45, 7) is 0.503. The Labute approximate surface area is 74.1 Å². The molecule has 4 heteroatoms. The van der Waals surface area contributed by atoms with Crippen LogP contribution in [0.3, 0.4) is 0 Å². The molecule has 2 heterocycles. The van der Waals surface area contributed by atoms with Gasteiger partial charge in [0.25, 0.3) is 0 Å². The molecular weight excluding hydrogens is 176 g/mol. The van der Waals surface area contributed by atoms with Crippen molar-refractivity contribution >= 4 is 17.7 Å². The van der Waals surface area contributed by atoms with Crippen LogP contribution < -0.4 is 0 Å². The molecule has 1 unspecified atom stereocenters. The van der Waals surface area contributed by atoms with Gasteiger partial charge in [0.05, 0.1) is 12.2 Å². The van der Waals surface area contributed by atoms with Crippen LogP contribution in [0.5, 0.6) is 0 Å². The predicted molar refractivity (Wildman–Crippen MR) is 45.7 cm³/mol. The Hall–Kier alpha value is -0.900. The second kappa shape index (κ2) is 2.86. The normalized spacial score (nSPS) is 26.8. The van der Waals surface area contributed by atoms with Gasteiger partial charge in [-0.2, -0.15) is 0 Å². The van der Waals surface area contributed by atoms with Gasteiger partial charge in [0.1, 0.15) is 6.61 Å². The van der Waals surface area contributed by atoms with E-state index in [9.17, 15) is 4.79 Å². The Morgan fingerprint density at radius 2 is 2.58 bits per heavy atom. The number of allylic oxidation sites excluding steroid dienone is 1. The molecular formula is C8H8O3S. The lowest BCUT2D eigenvalue weighted by Gasteiger charge is -2.10. The first-order chi connectivity index (χ1) is 5.79. The van der Waals surface area contributed by atoms with Crippen molar-refractivity contribution in [1.82, 2.24) is 0 Å². The maximum absolute atomic E-state index is 10.7. The molecule has 0 amide bonds. The maximum Gasteiger partial charge on any atom is 0.311 e. The highest BCUT2D eigenvalue weighted by molar-refractivity contribution is 8.03. The number of ether oxygens (including phenoxy) is 1. The molecule has 0 radical (unpaired) electrons. The number of carboxylic acids is 1. The smallest absolute Gasteiger partial charge is 0.311 e. The van der Waals surface area contributed by atoms with Crippen LogP contribution in [0.4, 0.5) is 0 Å². The summed E-state index contributed by atoms with van der Waals surface area (Å²) in [6, 6.07) is 0. The highest BCUT2D eigenvalue weighted by Crippen LogP contribution is 2.41. The Morgan fingerprint density at radius 3 is 3.33 bits per heavy atom. The summed E-state index contributed by atoms with van der Waals surface area (Å²) >= 11 is 1.55. The summed E-state index contributed by atoms with van der Waals surface area (Å²) in [4.78, 5) is 11.7. The van der Waals surface area contributed by atoms with E-state index < -0.39 is 5.97 Å². The first-order valence-electron chi connectivity index (χ1n) is 3.67. The van der Waals surface area contributed by atoms with Crippen LogP contribution in [0.15, 0.2) is 22.8 Å². The van der Waals surface area contributed by atoms with E-state index in [0.717, 1.165) is 10.5 Å². The molecule has 0 aromatic rings. The lowest BCUT2D eigenvalue weighted by atomic mass is 10.0. The summed E-state index contributed by atoms with van der Waals surface area (Å²) < 4.78 is 5.06. The third kappa shape index (κ3) is 1.12. The average molecular weight is 184 g/mol. The van der Waals surface area contributed by atoms with E-state index in [1.54, 1.807) is 18.0 Å². The zero-order valence-corrected chi connectivity index (χ0v) is 7.13. The fraction of sp³-hybridized carbons (Fsp3) is 0.375. The highest BCUT2D eigenvalue weighted by atomic mass is 32.2. The molecule has 1 N–H and O–H groups in total. The highest BCUT2D eigenvalue weighted by Gasteiger charge is 2.32. The Kier molecular flexibility index (Phi) is 1.84. The van der Waals surface area contributed by atoms with Crippen LogP contribution in [0, 0.1) is 5.92 Å². The van der Waals surface area contributed by atoms with Crippen LogP contribution in [0.2, 0.25) is 0 Å². The molecule has 1 saturated heterocycles. The number of hydrogen-bond donors (Lipinski definition) is 1. The molecule has 64 valence electrons. The van der Waals surface area contributed by atoms with Crippen molar-refractivity contribution in [3.8, 4) is 0 Å². The van der Waals surface area contributed by atoms with Crippen LogP contribution >= 0.6 is 11.8 Å². The minimum atomic E-state index is -0.737. The van der Waals surface area contributed by atoms with Gasteiger partial charge in [0, 0.05) is 10.7 Å². The van der Waals surface area contributed by atoms with E-state index in [-0.39, 0.29) is 5.92 Å². The number of rotatable bonds is 1. The standard InChI is InChI=1S/C8H8O3S/c9-8(10)6-4-12-7-3-11-2-1-5(6)7/h1,3,6H,2,4H2,(H,9,10). The molecule has 3 nitrogen and oxygen atoms in total. The fourth-order valence-electron chi connectivity index (χ4n) is 1.33. The minimum absolute atomic E-state index is 0.329. The number of aliphatic carboxylic acids is 1. The number of carbonyl (C=O) groups is 1. The summed E-state index contributed by atoms with van der Waals surface area (Å²) in [5.74, 6) is -0.430. The van der Waals surface area contributed by atoms with Gasteiger partial charge in [-0.3, -0.25) is 4.79 Å². The molecule has 0 spiro atoms. The van der Waals surface area contributed by atoms with Crippen molar-refractivity contribution in [3.63, 3.8) is 0 Å². The molecule has 2 aliphatic rings. The van der Waals surface area contributed by atoms with Gasteiger partial charge in [0.15, 0.2) is 0 Å². The predicted octanol–water partition coefficient (Wildman–Crippen LogP) is 1.23. The quantitative estimate of drug-likeness (QED) is 0.665. The van der Waals surface area contributed by atoms with Crippen molar-refractivity contribution in [2.75, 3.05) is 12.4 Å². The lowest BCUT2D eigenvalue weighted by molar-refractivity contribution is -0.139. The topological polar surface area (TPSA) is 46.5 Å².